The van der Waals surface area contributed by atoms with Gasteiger partial charge in [0.05, 0.1) is 7.11 Å². The van der Waals surface area contributed by atoms with Crippen molar-refractivity contribution in [2.24, 2.45) is 22.4 Å². The number of methoxy groups -OCH3 is 1. The maximum atomic E-state index is 11.6. The van der Waals surface area contributed by atoms with Crippen LogP contribution in [0.5, 0.6) is 11.5 Å². The third-order valence-electron chi connectivity index (χ3n) is 2.98. The standard InChI is InChI=1S/C12H15N3O3/c1-18-10-3-2-6(4-9(10)16)7-5-8(7)11(17)15-12(13)14/h2-4,7-8,16H,5H2,1H3,(H4,13,14,15,17). The van der Waals surface area contributed by atoms with Crippen molar-refractivity contribution < 1.29 is 14.6 Å². The zero-order valence-electron chi connectivity index (χ0n) is 9.96. The van der Waals surface area contributed by atoms with E-state index in [4.69, 9.17) is 16.2 Å². The molecule has 0 heterocycles. The minimum Gasteiger partial charge on any atom is -0.504 e. The summed E-state index contributed by atoms with van der Waals surface area (Å²) in [5.41, 5.74) is 11.2. The van der Waals surface area contributed by atoms with Crippen molar-refractivity contribution in [2.45, 2.75) is 12.3 Å². The van der Waals surface area contributed by atoms with Crippen LogP contribution in [0.3, 0.4) is 0 Å². The molecule has 1 fully saturated rings. The molecule has 0 radical (unpaired) electrons. The van der Waals surface area contributed by atoms with Crippen molar-refractivity contribution in [2.75, 3.05) is 7.11 Å². The number of carbonyl (C=O) groups is 1. The molecule has 1 aliphatic rings. The molecular weight excluding hydrogens is 234 g/mol. The average Bonchev–Trinajstić information content (AvgIpc) is 3.07. The largest absolute Gasteiger partial charge is 0.504 e. The highest BCUT2D eigenvalue weighted by molar-refractivity contribution is 5.94. The molecule has 0 aromatic heterocycles. The first-order valence-electron chi connectivity index (χ1n) is 5.53. The van der Waals surface area contributed by atoms with Crippen LogP contribution >= 0.6 is 0 Å². The molecule has 96 valence electrons. The molecule has 2 unspecified atom stereocenters. The molecule has 0 bridgehead atoms. The number of hydrogen-bond donors (Lipinski definition) is 3. The van der Waals surface area contributed by atoms with Gasteiger partial charge in [0.15, 0.2) is 17.5 Å². The SMILES string of the molecule is COc1ccc(C2CC2C(=O)N=C(N)N)cc1O. The van der Waals surface area contributed by atoms with Crippen molar-refractivity contribution in [1.29, 1.82) is 0 Å². The molecule has 6 heteroatoms. The fraction of sp³-hybridized carbons (Fsp3) is 0.333. The third-order valence-corrected chi connectivity index (χ3v) is 2.98. The van der Waals surface area contributed by atoms with Crippen LogP contribution in [0, 0.1) is 5.92 Å². The Morgan fingerprint density at radius 3 is 2.78 bits per heavy atom. The number of aliphatic imine (C=N–C) groups is 1. The molecule has 0 aliphatic heterocycles. The molecule has 2 rings (SSSR count). The van der Waals surface area contributed by atoms with E-state index >= 15 is 0 Å². The zero-order valence-corrected chi connectivity index (χ0v) is 9.96. The molecule has 1 aromatic carbocycles. The quantitative estimate of drug-likeness (QED) is 0.527. The second kappa shape index (κ2) is 4.56. The summed E-state index contributed by atoms with van der Waals surface area (Å²) in [5.74, 6) is -0.183. The first kappa shape index (κ1) is 12.2. The van der Waals surface area contributed by atoms with Crippen molar-refractivity contribution >= 4 is 11.9 Å². The first-order valence-corrected chi connectivity index (χ1v) is 5.53. The Morgan fingerprint density at radius 2 is 2.22 bits per heavy atom. The van der Waals surface area contributed by atoms with Crippen LogP contribution in [0.4, 0.5) is 0 Å². The lowest BCUT2D eigenvalue weighted by molar-refractivity contribution is -0.119. The number of benzene rings is 1. The Morgan fingerprint density at radius 1 is 1.50 bits per heavy atom. The molecular formula is C12H15N3O3. The lowest BCUT2D eigenvalue weighted by Crippen LogP contribution is -2.24. The van der Waals surface area contributed by atoms with Gasteiger partial charge in [0.25, 0.3) is 5.91 Å². The van der Waals surface area contributed by atoms with Gasteiger partial charge in [-0.15, -0.1) is 0 Å². The maximum absolute atomic E-state index is 11.6. The molecule has 18 heavy (non-hydrogen) atoms. The van der Waals surface area contributed by atoms with E-state index in [-0.39, 0.29) is 29.5 Å². The maximum Gasteiger partial charge on any atom is 0.252 e. The average molecular weight is 249 g/mol. The number of carbonyl (C=O) groups excluding carboxylic acids is 1. The van der Waals surface area contributed by atoms with Crippen LogP contribution < -0.4 is 16.2 Å². The molecule has 1 amide bonds. The monoisotopic (exact) mass is 249 g/mol. The van der Waals surface area contributed by atoms with Gasteiger partial charge in [0.2, 0.25) is 0 Å². The van der Waals surface area contributed by atoms with E-state index in [1.807, 2.05) is 6.07 Å². The summed E-state index contributed by atoms with van der Waals surface area (Å²) in [6.07, 6.45) is 0.696. The predicted molar refractivity (Wildman–Crippen MR) is 66.3 cm³/mol. The summed E-state index contributed by atoms with van der Waals surface area (Å²) >= 11 is 0. The lowest BCUT2D eigenvalue weighted by atomic mass is 10.1. The minimum absolute atomic E-state index is 0.0648. The Bertz CT molecular complexity index is 509. The molecule has 0 spiro atoms. The highest BCUT2D eigenvalue weighted by Crippen LogP contribution is 2.49. The highest BCUT2D eigenvalue weighted by Gasteiger charge is 2.44. The third kappa shape index (κ3) is 2.37. The van der Waals surface area contributed by atoms with Crippen LogP contribution in [0.25, 0.3) is 0 Å². The highest BCUT2D eigenvalue weighted by atomic mass is 16.5. The summed E-state index contributed by atoms with van der Waals surface area (Å²) in [4.78, 5) is 15.1. The van der Waals surface area contributed by atoms with E-state index in [0.717, 1.165) is 5.56 Å². The predicted octanol–water partition coefficient (Wildman–Crippen LogP) is 0.304. The normalized spacial score (nSPS) is 21.2. The number of phenolic OH excluding ortho intramolecular Hbond substituents is 1. The van der Waals surface area contributed by atoms with Crippen molar-refractivity contribution in [3.05, 3.63) is 23.8 Å². The molecule has 6 nitrogen and oxygen atoms in total. The zero-order chi connectivity index (χ0) is 13.3. The molecule has 0 saturated heterocycles. The van der Waals surface area contributed by atoms with Crippen LogP contribution in [-0.2, 0) is 4.79 Å². The molecule has 1 saturated carbocycles. The summed E-state index contributed by atoms with van der Waals surface area (Å²) in [6.45, 7) is 0. The van der Waals surface area contributed by atoms with E-state index in [9.17, 15) is 9.90 Å². The van der Waals surface area contributed by atoms with Gasteiger partial charge >= 0.3 is 0 Å². The van der Waals surface area contributed by atoms with Crippen molar-refractivity contribution in [1.82, 2.24) is 0 Å². The Kier molecular flexibility index (Phi) is 3.10. The lowest BCUT2D eigenvalue weighted by Gasteiger charge is -2.05. The molecule has 5 N–H and O–H groups in total. The van der Waals surface area contributed by atoms with Crippen molar-refractivity contribution in [3.8, 4) is 11.5 Å². The van der Waals surface area contributed by atoms with Crippen LogP contribution in [-0.4, -0.2) is 24.1 Å². The number of rotatable bonds is 3. The van der Waals surface area contributed by atoms with Gasteiger partial charge < -0.3 is 21.3 Å². The Hall–Kier alpha value is -2.24. The summed E-state index contributed by atoms with van der Waals surface area (Å²) < 4.78 is 4.96. The number of nitrogens with zero attached hydrogens (tertiary/aromatic N) is 1. The van der Waals surface area contributed by atoms with Gasteiger partial charge in [-0.1, -0.05) is 6.07 Å². The van der Waals surface area contributed by atoms with Crippen LogP contribution in [0.1, 0.15) is 17.9 Å². The fourth-order valence-electron chi connectivity index (χ4n) is 1.98. The summed E-state index contributed by atoms with van der Waals surface area (Å²) in [5, 5.41) is 9.66. The van der Waals surface area contributed by atoms with Crippen molar-refractivity contribution in [3.63, 3.8) is 0 Å². The summed E-state index contributed by atoms with van der Waals surface area (Å²) in [6, 6.07) is 5.10. The number of aromatic hydroxyl groups is 1. The summed E-state index contributed by atoms with van der Waals surface area (Å²) in [7, 11) is 1.48. The van der Waals surface area contributed by atoms with Gasteiger partial charge in [-0.25, -0.2) is 0 Å². The molecule has 1 aromatic rings. The number of nitrogens with two attached hydrogens (primary N) is 2. The van der Waals surface area contributed by atoms with Gasteiger partial charge in [0, 0.05) is 5.92 Å². The van der Waals surface area contributed by atoms with Gasteiger partial charge in [-0.2, -0.15) is 4.99 Å². The Labute approximate surface area is 104 Å². The second-order valence-corrected chi connectivity index (χ2v) is 4.25. The number of amides is 1. The Balaban J connectivity index is 2.10. The number of ether oxygens (including phenoxy) is 1. The first-order chi connectivity index (χ1) is 8.52. The van der Waals surface area contributed by atoms with Gasteiger partial charge in [-0.3, -0.25) is 4.79 Å². The molecule has 1 aliphatic carbocycles. The van der Waals surface area contributed by atoms with E-state index in [1.54, 1.807) is 12.1 Å². The van der Waals surface area contributed by atoms with Gasteiger partial charge in [0.1, 0.15) is 0 Å². The smallest absolute Gasteiger partial charge is 0.252 e. The van der Waals surface area contributed by atoms with Crippen LogP contribution in [0.15, 0.2) is 23.2 Å². The number of guanidine groups is 1. The fourth-order valence-corrected chi connectivity index (χ4v) is 1.98. The topological polar surface area (TPSA) is 111 Å². The van der Waals surface area contributed by atoms with E-state index in [0.29, 0.717) is 12.2 Å². The van der Waals surface area contributed by atoms with Gasteiger partial charge in [-0.05, 0) is 30.0 Å². The van der Waals surface area contributed by atoms with Crippen LogP contribution in [0.2, 0.25) is 0 Å². The molecule has 2 atom stereocenters. The minimum atomic E-state index is -0.310. The van der Waals surface area contributed by atoms with E-state index < -0.39 is 0 Å². The van der Waals surface area contributed by atoms with E-state index in [1.165, 1.54) is 7.11 Å². The second-order valence-electron chi connectivity index (χ2n) is 4.25. The van der Waals surface area contributed by atoms with E-state index in [2.05, 4.69) is 4.99 Å². The number of phenols is 1. The number of hydrogen-bond acceptors (Lipinski definition) is 3.